The normalized spacial score (nSPS) is 18.4. The number of aliphatic hydroxyl groups excluding tert-OH is 1. The fourth-order valence-corrected chi connectivity index (χ4v) is 3.65. The highest BCUT2D eigenvalue weighted by molar-refractivity contribution is 5.97. The Hall–Kier alpha value is -2.98. The zero-order valence-electron chi connectivity index (χ0n) is 14.5. The molecule has 2 atom stereocenters. The highest BCUT2D eigenvalue weighted by Gasteiger charge is 2.32. The lowest BCUT2D eigenvalue weighted by atomic mass is 9.98. The van der Waals surface area contributed by atoms with E-state index in [1.54, 1.807) is 6.20 Å². The fraction of sp³-hybridized carbons (Fsp3) is 0.182. The minimum Gasteiger partial charge on any atom is -0.390 e. The van der Waals surface area contributed by atoms with Crippen LogP contribution >= 0.6 is 0 Å². The van der Waals surface area contributed by atoms with Crippen molar-refractivity contribution < 1.29 is 9.90 Å². The third-order valence-electron chi connectivity index (χ3n) is 5.01. The van der Waals surface area contributed by atoms with E-state index in [4.69, 9.17) is 0 Å². The third-order valence-corrected chi connectivity index (χ3v) is 5.01. The molecule has 1 aliphatic rings. The first-order valence-electron chi connectivity index (χ1n) is 8.73. The van der Waals surface area contributed by atoms with Crippen LogP contribution in [0.3, 0.4) is 0 Å². The second kappa shape index (κ2) is 6.73. The predicted molar refractivity (Wildman–Crippen MR) is 101 cm³/mol. The van der Waals surface area contributed by atoms with Crippen LogP contribution in [0.25, 0.3) is 11.3 Å². The van der Waals surface area contributed by atoms with Gasteiger partial charge in [0.2, 0.25) is 0 Å². The van der Waals surface area contributed by atoms with Crippen LogP contribution in [0.1, 0.15) is 33.1 Å². The van der Waals surface area contributed by atoms with Gasteiger partial charge in [-0.05, 0) is 41.8 Å². The Labute approximate surface area is 152 Å². The topological polar surface area (TPSA) is 62.2 Å². The molecule has 1 heterocycles. The van der Waals surface area contributed by atoms with Gasteiger partial charge in [0.15, 0.2) is 0 Å². The monoisotopic (exact) mass is 344 g/mol. The van der Waals surface area contributed by atoms with Crippen molar-refractivity contribution in [1.82, 2.24) is 10.3 Å². The Balaban J connectivity index is 1.64. The van der Waals surface area contributed by atoms with Crippen molar-refractivity contribution in [3.63, 3.8) is 0 Å². The number of amides is 1. The van der Waals surface area contributed by atoms with Crippen LogP contribution in [0.15, 0.2) is 66.9 Å². The number of fused-ring (bicyclic) bond motifs is 1. The summed E-state index contributed by atoms with van der Waals surface area (Å²) >= 11 is 0. The minimum atomic E-state index is -0.601. The molecule has 4 nitrogen and oxygen atoms in total. The Kier molecular flexibility index (Phi) is 4.27. The van der Waals surface area contributed by atoms with E-state index < -0.39 is 6.10 Å². The predicted octanol–water partition coefficient (Wildman–Crippen LogP) is 3.45. The molecular weight excluding hydrogens is 324 g/mol. The molecule has 0 saturated carbocycles. The van der Waals surface area contributed by atoms with Gasteiger partial charge in [-0.25, -0.2) is 0 Å². The quantitative estimate of drug-likeness (QED) is 0.765. The first kappa shape index (κ1) is 16.5. The maximum atomic E-state index is 12.9. The fourth-order valence-electron chi connectivity index (χ4n) is 3.65. The maximum absolute atomic E-state index is 12.9. The minimum absolute atomic E-state index is 0.180. The van der Waals surface area contributed by atoms with E-state index in [9.17, 15) is 9.90 Å². The van der Waals surface area contributed by atoms with Gasteiger partial charge in [0.1, 0.15) is 0 Å². The molecule has 3 aromatic rings. The summed E-state index contributed by atoms with van der Waals surface area (Å²) in [6.45, 7) is 1.93. The van der Waals surface area contributed by atoms with Gasteiger partial charge in [-0.15, -0.1) is 0 Å². The molecule has 0 unspecified atom stereocenters. The van der Waals surface area contributed by atoms with Crippen molar-refractivity contribution in [3.05, 3.63) is 89.1 Å². The van der Waals surface area contributed by atoms with E-state index in [0.29, 0.717) is 12.0 Å². The molecule has 4 rings (SSSR count). The number of carbonyl (C=O) groups is 1. The average molecular weight is 344 g/mol. The van der Waals surface area contributed by atoms with Gasteiger partial charge in [0.05, 0.1) is 17.8 Å². The van der Waals surface area contributed by atoms with Crippen LogP contribution in [-0.2, 0) is 6.42 Å². The third kappa shape index (κ3) is 2.89. The van der Waals surface area contributed by atoms with E-state index >= 15 is 0 Å². The van der Waals surface area contributed by atoms with Gasteiger partial charge < -0.3 is 10.4 Å². The van der Waals surface area contributed by atoms with Crippen molar-refractivity contribution in [3.8, 4) is 11.3 Å². The van der Waals surface area contributed by atoms with Crippen molar-refractivity contribution in [1.29, 1.82) is 0 Å². The largest absolute Gasteiger partial charge is 0.390 e. The smallest absolute Gasteiger partial charge is 0.252 e. The molecule has 1 aliphatic carbocycles. The number of rotatable bonds is 3. The molecule has 4 heteroatoms. The summed E-state index contributed by atoms with van der Waals surface area (Å²) in [6.07, 6.45) is 1.71. The number of nitrogens with one attached hydrogen (secondary N) is 1. The number of aromatic nitrogens is 1. The van der Waals surface area contributed by atoms with Crippen molar-refractivity contribution in [2.75, 3.05) is 0 Å². The molecule has 0 saturated heterocycles. The molecule has 26 heavy (non-hydrogen) atoms. The zero-order chi connectivity index (χ0) is 18.1. The molecule has 1 aromatic heterocycles. The van der Waals surface area contributed by atoms with E-state index in [-0.39, 0.29) is 11.9 Å². The SMILES string of the molecule is Cc1c(C(=O)N[C@@H]2c3ccccc3C[C@@H]2O)cccc1-c1ccccn1. The second-order valence-corrected chi connectivity index (χ2v) is 6.61. The van der Waals surface area contributed by atoms with Gasteiger partial charge in [0.25, 0.3) is 5.91 Å². The Morgan fingerprint density at radius 2 is 1.88 bits per heavy atom. The number of nitrogens with zero attached hydrogens (tertiary/aromatic N) is 1. The highest BCUT2D eigenvalue weighted by atomic mass is 16.3. The summed E-state index contributed by atoms with van der Waals surface area (Å²) in [7, 11) is 0. The lowest BCUT2D eigenvalue weighted by Gasteiger charge is -2.19. The second-order valence-electron chi connectivity index (χ2n) is 6.61. The van der Waals surface area contributed by atoms with Crippen LogP contribution in [0.4, 0.5) is 0 Å². The summed E-state index contributed by atoms with van der Waals surface area (Å²) in [6, 6.07) is 18.8. The molecule has 0 radical (unpaired) electrons. The lowest BCUT2D eigenvalue weighted by Crippen LogP contribution is -2.34. The number of benzene rings is 2. The average Bonchev–Trinajstić information content (AvgIpc) is 2.98. The van der Waals surface area contributed by atoms with E-state index in [1.807, 2.05) is 67.6 Å². The van der Waals surface area contributed by atoms with Gasteiger partial charge in [-0.2, -0.15) is 0 Å². The summed E-state index contributed by atoms with van der Waals surface area (Å²) in [4.78, 5) is 17.3. The molecular formula is C22H20N2O2. The Morgan fingerprint density at radius 1 is 1.08 bits per heavy atom. The van der Waals surface area contributed by atoms with E-state index in [0.717, 1.165) is 27.9 Å². The van der Waals surface area contributed by atoms with Gasteiger partial charge in [0, 0.05) is 23.7 Å². The molecule has 0 spiro atoms. The number of pyridine rings is 1. The first-order valence-corrected chi connectivity index (χ1v) is 8.73. The maximum Gasteiger partial charge on any atom is 0.252 e. The van der Waals surface area contributed by atoms with E-state index in [2.05, 4.69) is 10.3 Å². The number of carbonyl (C=O) groups excluding carboxylic acids is 1. The number of hydrogen-bond acceptors (Lipinski definition) is 3. The van der Waals surface area contributed by atoms with Crippen LogP contribution in [0, 0.1) is 6.92 Å². The summed E-state index contributed by atoms with van der Waals surface area (Å²) in [5.41, 5.74) is 5.34. The van der Waals surface area contributed by atoms with Gasteiger partial charge in [-0.3, -0.25) is 9.78 Å². The molecule has 2 aromatic carbocycles. The molecule has 1 amide bonds. The Bertz CT molecular complexity index is 953. The number of hydrogen-bond donors (Lipinski definition) is 2. The van der Waals surface area contributed by atoms with Crippen molar-refractivity contribution in [2.45, 2.75) is 25.5 Å². The molecule has 2 N–H and O–H groups in total. The van der Waals surface area contributed by atoms with Crippen LogP contribution < -0.4 is 5.32 Å². The number of aliphatic hydroxyl groups is 1. The van der Waals surface area contributed by atoms with Crippen LogP contribution in [0.2, 0.25) is 0 Å². The Morgan fingerprint density at radius 3 is 2.69 bits per heavy atom. The van der Waals surface area contributed by atoms with Crippen LogP contribution in [0.5, 0.6) is 0 Å². The standard InChI is InChI=1S/C22H20N2O2/c1-14-16(19-11-4-5-12-23-19)9-6-10-17(14)22(26)24-21-18-8-3-2-7-15(18)13-20(21)25/h2-12,20-21,25H,13H2,1H3,(H,24,26)/t20-,21+/m0/s1. The van der Waals surface area contributed by atoms with E-state index in [1.165, 1.54) is 0 Å². The molecule has 130 valence electrons. The van der Waals surface area contributed by atoms with Crippen molar-refractivity contribution >= 4 is 5.91 Å². The zero-order valence-corrected chi connectivity index (χ0v) is 14.5. The van der Waals surface area contributed by atoms with Crippen LogP contribution in [-0.4, -0.2) is 22.1 Å². The highest BCUT2D eigenvalue weighted by Crippen LogP contribution is 2.32. The van der Waals surface area contributed by atoms with Gasteiger partial charge >= 0.3 is 0 Å². The lowest BCUT2D eigenvalue weighted by molar-refractivity contribution is 0.0857. The van der Waals surface area contributed by atoms with Crippen molar-refractivity contribution in [2.24, 2.45) is 0 Å². The molecule has 0 fully saturated rings. The summed E-state index contributed by atoms with van der Waals surface area (Å²) in [5, 5.41) is 13.4. The molecule has 0 bridgehead atoms. The summed E-state index contributed by atoms with van der Waals surface area (Å²) in [5.74, 6) is -0.180. The molecule has 0 aliphatic heterocycles. The first-order chi connectivity index (χ1) is 12.6. The summed E-state index contributed by atoms with van der Waals surface area (Å²) < 4.78 is 0. The van der Waals surface area contributed by atoms with Gasteiger partial charge in [-0.1, -0.05) is 42.5 Å².